The van der Waals surface area contributed by atoms with E-state index in [0.29, 0.717) is 6.07 Å². The van der Waals surface area contributed by atoms with E-state index in [9.17, 15) is 14.7 Å². The van der Waals surface area contributed by atoms with Gasteiger partial charge >= 0.3 is 5.97 Å². The summed E-state index contributed by atoms with van der Waals surface area (Å²) in [6.07, 6.45) is 0.946. The Hall–Kier alpha value is -2.60. The number of nitrogens with zero attached hydrogens (tertiary/aromatic N) is 3. The van der Waals surface area contributed by atoms with Crippen LogP contribution in [0.25, 0.3) is 11.0 Å². The van der Waals surface area contributed by atoms with E-state index in [1.54, 1.807) is 12.2 Å². The maximum absolute atomic E-state index is 15.0. The van der Waals surface area contributed by atoms with E-state index >= 15 is 4.39 Å². The normalized spacial score (nSPS) is 25.7. The van der Waals surface area contributed by atoms with Gasteiger partial charge in [-0.2, -0.15) is 0 Å². The van der Waals surface area contributed by atoms with Gasteiger partial charge in [0.05, 0.1) is 10.9 Å². The van der Waals surface area contributed by atoms with Gasteiger partial charge in [-0.1, -0.05) is 0 Å². The lowest BCUT2D eigenvalue weighted by molar-refractivity contribution is 0.0695. The van der Waals surface area contributed by atoms with Crippen molar-refractivity contribution < 1.29 is 41.7 Å². The molecule has 1 aliphatic rings. The van der Waals surface area contributed by atoms with Crippen molar-refractivity contribution in [2.75, 3.05) is 30.9 Å². The molecule has 0 aromatic carbocycles. The summed E-state index contributed by atoms with van der Waals surface area (Å²) >= 11 is 0. The molecule has 146 valence electrons. The lowest BCUT2D eigenvalue weighted by atomic mass is 10.2. The topological polar surface area (TPSA) is 182 Å². The number of piperazine rings is 1. The third kappa shape index (κ3) is 3.96. The fourth-order valence-corrected chi connectivity index (χ4v) is 2.16. The second-order valence-electron chi connectivity index (χ2n) is 4.56. The van der Waals surface area contributed by atoms with Crippen molar-refractivity contribution in [3.8, 4) is 0 Å². The molecule has 1 saturated heterocycles. The largest absolute Gasteiger partial charge is 0.477 e. The zero-order chi connectivity index (χ0) is 23.7. The molecule has 0 atom stereocenters. The molecule has 1 aliphatic heterocycles. The molecule has 26 heavy (non-hydrogen) atoms. The van der Waals surface area contributed by atoms with Gasteiger partial charge in [0, 0.05) is 44.2 Å². The number of anilines is 1. The third-order valence-corrected chi connectivity index (χ3v) is 3.23. The molecule has 0 aliphatic carbocycles. The van der Waals surface area contributed by atoms with Gasteiger partial charge in [-0.05, 0) is 13.0 Å². The van der Waals surface area contributed by atoms with E-state index < -0.39 is 60.0 Å². The molecular formula is C15H23FN4O6. The van der Waals surface area contributed by atoms with Crippen molar-refractivity contribution in [1.29, 1.82) is 0 Å². The highest BCUT2D eigenvalue weighted by Gasteiger charge is 2.21. The monoisotopic (exact) mass is 382 g/mol. The lowest BCUT2D eigenvalue weighted by Gasteiger charge is -2.29. The van der Waals surface area contributed by atoms with Gasteiger partial charge in [0.15, 0.2) is 11.6 Å². The molecule has 8 N–H and O–H groups in total. The predicted molar refractivity (Wildman–Crippen MR) is 94.5 cm³/mol. The van der Waals surface area contributed by atoms with E-state index in [1.165, 1.54) is 0 Å². The lowest BCUT2D eigenvalue weighted by Crippen LogP contribution is -2.44. The first-order valence-electron chi connectivity index (χ1n) is 10.6. The number of hydrogen-bond acceptors (Lipinski definition) is 5. The highest BCUT2D eigenvalue weighted by atomic mass is 19.1. The van der Waals surface area contributed by atoms with Crippen LogP contribution in [0.4, 0.5) is 10.2 Å². The van der Waals surface area contributed by atoms with Crippen LogP contribution in [0.2, 0.25) is 0 Å². The van der Waals surface area contributed by atoms with Crippen LogP contribution in [0, 0.1) is 5.82 Å². The number of hydrogen-bond donors (Lipinski definition) is 2. The first-order valence-corrected chi connectivity index (χ1v) is 6.56. The number of nitrogens with one attached hydrogen (secondary N) is 1. The van der Waals surface area contributed by atoms with Gasteiger partial charge in [-0.3, -0.25) is 4.79 Å². The van der Waals surface area contributed by atoms with Crippen LogP contribution in [0.3, 0.4) is 0 Å². The summed E-state index contributed by atoms with van der Waals surface area (Å²) < 4.78 is 79.8. The highest BCUT2D eigenvalue weighted by Crippen LogP contribution is 2.21. The Morgan fingerprint density at radius 1 is 1.38 bits per heavy atom. The predicted octanol–water partition coefficient (Wildman–Crippen LogP) is -1.81. The Kier molecular flexibility index (Phi) is 4.49. The van der Waals surface area contributed by atoms with Gasteiger partial charge in [0.2, 0.25) is 5.43 Å². The number of aromatic nitrogens is 2. The van der Waals surface area contributed by atoms with Crippen LogP contribution in [-0.4, -0.2) is 63.0 Å². The number of rotatable bonds is 3. The SMILES string of the molecule is O.O.O.[2H]C1([2H])NC([2H])([2H])C([2H])([2H])N(c2nc3c(cc2F)c(=O)c(C(=O)O)cn3CC)C1([2H])[2H]. The molecule has 0 saturated carbocycles. The number of fused-ring (bicyclic) bond motifs is 1. The third-order valence-electron chi connectivity index (χ3n) is 3.23. The van der Waals surface area contributed by atoms with Gasteiger partial charge in [0.25, 0.3) is 0 Å². The van der Waals surface area contributed by atoms with Gasteiger partial charge < -0.3 is 36.3 Å². The van der Waals surface area contributed by atoms with Crippen molar-refractivity contribution in [2.45, 2.75) is 13.5 Å². The Bertz CT molecular complexity index is 1140. The summed E-state index contributed by atoms with van der Waals surface area (Å²) in [7, 11) is 0. The van der Waals surface area contributed by atoms with Crippen LogP contribution >= 0.6 is 0 Å². The summed E-state index contributed by atoms with van der Waals surface area (Å²) in [4.78, 5) is 27.5. The fraction of sp³-hybridized carbons (Fsp3) is 0.400. The van der Waals surface area contributed by atoms with E-state index in [4.69, 9.17) is 11.0 Å². The second-order valence-corrected chi connectivity index (χ2v) is 4.56. The number of carboxylic acids is 1. The summed E-state index contributed by atoms with van der Waals surface area (Å²) in [5.74, 6) is -4.10. The van der Waals surface area contributed by atoms with Gasteiger partial charge in [-0.15, -0.1) is 0 Å². The average Bonchev–Trinajstić information content (AvgIpc) is 2.60. The zero-order valence-electron chi connectivity index (χ0n) is 21.3. The molecule has 0 amide bonds. The van der Waals surface area contributed by atoms with Crippen molar-refractivity contribution >= 4 is 22.8 Å². The van der Waals surface area contributed by atoms with Crippen molar-refractivity contribution in [3.63, 3.8) is 0 Å². The first-order chi connectivity index (χ1) is 14.0. The smallest absolute Gasteiger partial charge is 0.341 e. The Morgan fingerprint density at radius 3 is 2.54 bits per heavy atom. The van der Waals surface area contributed by atoms with Gasteiger partial charge in [-0.25, -0.2) is 14.2 Å². The van der Waals surface area contributed by atoms with Crippen LogP contribution in [-0.2, 0) is 6.54 Å². The molecule has 2 aromatic heterocycles. The van der Waals surface area contributed by atoms with Crippen molar-refractivity contribution in [1.82, 2.24) is 14.9 Å². The van der Waals surface area contributed by atoms with E-state index in [1.807, 2.05) is 0 Å². The number of carboxylic acid groups (broad SMARTS) is 1. The molecular weight excluding hydrogens is 351 g/mol. The number of carbonyl (C=O) groups is 1. The minimum atomic E-state index is -3.33. The molecule has 3 heterocycles. The molecule has 0 radical (unpaired) electrons. The van der Waals surface area contributed by atoms with Crippen LogP contribution < -0.4 is 15.6 Å². The number of pyridine rings is 2. The summed E-state index contributed by atoms with van der Waals surface area (Å²) in [5.41, 5.74) is -2.04. The molecule has 10 nitrogen and oxygen atoms in total. The first kappa shape index (κ1) is 12.7. The molecule has 3 rings (SSSR count). The standard InChI is InChI=1S/C15H17FN4O3.3H2O/c1-2-19-8-10(15(22)23)12(21)9-7-11(16)14(18-13(9)19)20-5-3-17-4-6-20;;;/h7-8,17H,2-6H2,1H3,(H,22,23);3*1H2/i3D2,4D2,5D2,6D2;;;. The molecule has 0 bridgehead atoms. The summed E-state index contributed by atoms with van der Waals surface area (Å²) in [6, 6.07) is 0.554. The maximum Gasteiger partial charge on any atom is 0.341 e. The van der Waals surface area contributed by atoms with E-state index in [-0.39, 0.29) is 33.5 Å². The molecule has 1 fully saturated rings. The van der Waals surface area contributed by atoms with Crippen LogP contribution in [0.15, 0.2) is 17.1 Å². The Morgan fingerprint density at radius 2 is 2.00 bits per heavy atom. The average molecular weight is 382 g/mol. The summed E-state index contributed by atoms with van der Waals surface area (Å²) in [5, 5.41) is 10.4. The highest BCUT2D eigenvalue weighted by molar-refractivity contribution is 5.92. The molecule has 11 heteroatoms. The second kappa shape index (κ2) is 9.20. The minimum Gasteiger partial charge on any atom is -0.477 e. The number of halogens is 1. The van der Waals surface area contributed by atoms with Crippen LogP contribution in [0.1, 0.15) is 28.2 Å². The Labute approximate surface area is 159 Å². The molecule has 2 aromatic rings. The molecule has 0 unspecified atom stereocenters. The van der Waals surface area contributed by atoms with Crippen molar-refractivity contribution in [3.05, 3.63) is 33.9 Å². The van der Waals surface area contributed by atoms with Gasteiger partial charge in [0.1, 0.15) is 11.2 Å². The number of aryl methyl sites for hydroxylation is 1. The summed E-state index contributed by atoms with van der Waals surface area (Å²) in [6.45, 7) is -11.4. The van der Waals surface area contributed by atoms with E-state index in [0.717, 1.165) is 10.8 Å². The van der Waals surface area contributed by atoms with Crippen molar-refractivity contribution in [2.24, 2.45) is 0 Å². The fourth-order valence-electron chi connectivity index (χ4n) is 2.16. The molecule has 0 spiro atoms. The number of aromatic carboxylic acids is 1. The zero-order valence-corrected chi connectivity index (χ0v) is 13.3. The quantitative estimate of drug-likeness (QED) is 0.630. The van der Waals surface area contributed by atoms with E-state index in [2.05, 4.69) is 4.98 Å². The minimum absolute atomic E-state index is 0. The maximum atomic E-state index is 15.0. The van der Waals surface area contributed by atoms with Crippen LogP contribution in [0.5, 0.6) is 0 Å². The Balaban J connectivity index is 0.00000363.